The number of carbonyl (C=O) groups is 2. The van der Waals surface area contributed by atoms with Crippen LogP contribution in [0.5, 0.6) is 0 Å². The Kier molecular flexibility index (Phi) is 5.25. The molecule has 2 N–H and O–H groups in total. The van der Waals surface area contributed by atoms with E-state index in [1.807, 2.05) is 27.7 Å². The predicted molar refractivity (Wildman–Crippen MR) is 78.0 cm³/mol. The molecule has 1 heterocycles. The van der Waals surface area contributed by atoms with E-state index in [0.717, 1.165) is 0 Å². The number of aliphatic carboxylic acids is 1. The number of hydrogen-bond donors (Lipinski definition) is 2. The number of amides is 1. The van der Waals surface area contributed by atoms with Gasteiger partial charge in [0.1, 0.15) is 5.60 Å². The van der Waals surface area contributed by atoms with Crippen LogP contribution < -0.4 is 0 Å². The lowest BCUT2D eigenvalue weighted by Crippen LogP contribution is -2.47. The summed E-state index contributed by atoms with van der Waals surface area (Å²) in [5, 5.41) is 18.9. The zero-order chi connectivity index (χ0) is 16.4. The van der Waals surface area contributed by atoms with Gasteiger partial charge in [-0.3, -0.25) is 0 Å². The van der Waals surface area contributed by atoms with Crippen LogP contribution in [0.15, 0.2) is 0 Å². The number of carbonyl (C=O) groups excluding carboxylic acids is 1. The molecule has 0 aromatic carbocycles. The molecule has 0 aliphatic carbocycles. The van der Waals surface area contributed by atoms with Crippen LogP contribution in [0.4, 0.5) is 4.79 Å². The van der Waals surface area contributed by atoms with Crippen LogP contribution in [-0.2, 0) is 9.53 Å². The zero-order valence-corrected chi connectivity index (χ0v) is 13.5. The van der Waals surface area contributed by atoms with E-state index in [2.05, 4.69) is 0 Å². The average molecular weight is 301 g/mol. The number of likely N-dealkylation sites (tertiary alicyclic amines) is 1. The Morgan fingerprint density at radius 1 is 1.29 bits per heavy atom. The van der Waals surface area contributed by atoms with Gasteiger partial charge < -0.3 is 19.8 Å². The first kappa shape index (κ1) is 17.8. The van der Waals surface area contributed by atoms with E-state index in [4.69, 9.17) is 9.84 Å². The fourth-order valence-electron chi connectivity index (χ4n) is 2.59. The van der Waals surface area contributed by atoms with E-state index >= 15 is 0 Å². The predicted octanol–water partition coefficient (Wildman–Crippen LogP) is 2.11. The minimum Gasteiger partial charge on any atom is -0.479 e. The van der Waals surface area contributed by atoms with Gasteiger partial charge in [0, 0.05) is 13.1 Å². The first-order valence-corrected chi connectivity index (χ1v) is 7.36. The number of carboxylic acids is 1. The lowest BCUT2D eigenvalue weighted by molar-refractivity contribution is -0.159. The second kappa shape index (κ2) is 6.22. The number of piperidine rings is 1. The van der Waals surface area contributed by atoms with E-state index in [-0.39, 0.29) is 24.3 Å². The molecule has 0 aromatic rings. The van der Waals surface area contributed by atoms with Gasteiger partial charge in [0.05, 0.1) is 0 Å². The summed E-state index contributed by atoms with van der Waals surface area (Å²) in [7, 11) is 0. The van der Waals surface area contributed by atoms with Gasteiger partial charge in [0.25, 0.3) is 0 Å². The van der Waals surface area contributed by atoms with Crippen molar-refractivity contribution in [1.29, 1.82) is 0 Å². The molecule has 122 valence electrons. The molecule has 1 amide bonds. The highest BCUT2D eigenvalue weighted by molar-refractivity contribution is 5.76. The number of aliphatic hydroxyl groups is 1. The highest BCUT2D eigenvalue weighted by atomic mass is 16.6. The molecule has 0 bridgehead atoms. The molecule has 6 heteroatoms. The van der Waals surface area contributed by atoms with Crippen molar-refractivity contribution in [3.05, 3.63) is 0 Å². The Labute approximate surface area is 126 Å². The number of carboxylic acid groups (broad SMARTS) is 1. The Morgan fingerprint density at radius 2 is 1.86 bits per heavy atom. The smallest absolute Gasteiger partial charge is 0.410 e. The summed E-state index contributed by atoms with van der Waals surface area (Å²) in [4.78, 5) is 24.7. The number of rotatable bonds is 3. The minimum atomic E-state index is -1.72. The monoisotopic (exact) mass is 301 g/mol. The van der Waals surface area contributed by atoms with E-state index in [9.17, 15) is 14.7 Å². The normalized spacial score (nSPS) is 26.1. The van der Waals surface area contributed by atoms with Crippen LogP contribution in [0, 0.1) is 11.8 Å². The summed E-state index contributed by atoms with van der Waals surface area (Å²) in [6.07, 6.45) is 0.535. The number of nitrogens with zero attached hydrogens (tertiary/aromatic N) is 1. The maximum Gasteiger partial charge on any atom is 0.410 e. The highest BCUT2D eigenvalue weighted by Gasteiger charge is 2.38. The van der Waals surface area contributed by atoms with Crippen LogP contribution in [0.2, 0.25) is 0 Å². The molecule has 21 heavy (non-hydrogen) atoms. The van der Waals surface area contributed by atoms with Crippen LogP contribution in [0.1, 0.15) is 47.5 Å². The lowest BCUT2D eigenvalue weighted by Gasteiger charge is -2.39. The third kappa shape index (κ3) is 5.19. The second-order valence-corrected chi connectivity index (χ2v) is 7.24. The highest BCUT2D eigenvalue weighted by Crippen LogP contribution is 2.31. The van der Waals surface area contributed by atoms with Crippen LogP contribution >= 0.6 is 0 Å². The summed E-state index contributed by atoms with van der Waals surface area (Å²) >= 11 is 0. The van der Waals surface area contributed by atoms with Crippen LogP contribution in [-0.4, -0.2) is 51.5 Å². The van der Waals surface area contributed by atoms with Gasteiger partial charge in [-0.15, -0.1) is 0 Å². The first-order valence-electron chi connectivity index (χ1n) is 7.36. The van der Waals surface area contributed by atoms with Crippen LogP contribution in [0.25, 0.3) is 0 Å². The van der Waals surface area contributed by atoms with E-state index in [1.165, 1.54) is 6.92 Å². The van der Waals surface area contributed by atoms with Crippen molar-refractivity contribution >= 4 is 12.1 Å². The van der Waals surface area contributed by atoms with Gasteiger partial charge in [-0.2, -0.15) is 0 Å². The molecule has 1 aliphatic heterocycles. The van der Waals surface area contributed by atoms with Gasteiger partial charge in [-0.05, 0) is 52.4 Å². The largest absolute Gasteiger partial charge is 0.479 e. The summed E-state index contributed by atoms with van der Waals surface area (Å²) in [6.45, 7) is 9.82. The molecule has 0 radical (unpaired) electrons. The molecular formula is C15H27NO5. The average Bonchev–Trinajstić information content (AvgIpc) is 2.29. The maximum absolute atomic E-state index is 12.0. The van der Waals surface area contributed by atoms with Gasteiger partial charge in [0.2, 0.25) is 0 Å². The SMILES string of the molecule is CC1CN(C(=O)OC(C)(C)C)CCC1CC(C)(O)C(=O)O. The van der Waals surface area contributed by atoms with Crippen LogP contribution in [0.3, 0.4) is 0 Å². The Hall–Kier alpha value is -1.30. The fraction of sp³-hybridized carbons (Fsp3) is 0.867. The van der Waals surface area contributed by atoms with E-state index in [1.54, 1.807) is 4.90 Å². The van der Waals surface area contributed by atoms with Gasteiger partial charge in [0.15, 0.2) is 5.60 Å². The third-order valence-electron chi connectivity index (χ3n) is 3.86. The number of ether oxygens (including phenoxy) is 1. The van der Waals surface area contributed by atoms with Gasteiger partial charge in [-0.1, -0.05) is 6.92 Å². The molecule has 0 saturated carbocycles. The van der Waals surface area contributed by atoms with Gasteiger partial charge >= 0.3 is 12.1 Å². The first-order chi connectivity index (χ1) is 9.42. The summed E-state index contributed by atoms with van der Waals surface area (Å²) < 4.78 is 5.34. The summed E-state index contributed by atoms with van der Waals surface area (Å²) in [6, 6.07) is 0. The van der Waals surface area contributed by atoms with Crippen molar-refractivity contribution in [2.75, 3.05) is 13.1 Å². The van der Waals surface area contributed by atoms with Crippen molar-refractivity contribution in [2.45, 2.75) is 58.7 Å². The molecule has 0 aromatic heterocycles. The quantitative estimate of drug-likeness (QED) is 0.833. The molecule has 3 atom stereocenters. The van der Waals surface area contributed by atoms with Crippen molar-refractivity contribution in [2.24, 2.45) is 11.8 Å². The zero-order valence-electron chi connectivity index (χ0n) is 13.5. The van der Waals surface area contributed by atoms with Crippen molar-refractivity contribution in [1.82, 2.24) is 4.90 Å². The van der Waals surface area contributed by atoms with Crippen molar-refractivity contribution in [3.8, 4) is 0 Å². The minimum absolute atomic E-state index is 0.0785. The molecule has 0 spiro atoms. The summed E-state index contributed by atoms with van der Waals surface area (Å²) in [5.74, 6) is -1.00. The second-order valence-electron chi connectivity index (χ2n) is 7.24. The molecule has 6 nitrogen and oxygen atoms in total. The molecular weight excluding hydrogens is 274 g/mol. The maximum atomic E-state index is 12.0. The van der Waals surface area contributed by atoms with E-state index < -0.39 is 17.2 Å². The topological polar surface area (TPSA) is 87.1 Å². The Morgan fingerprint density at radius 3 is 2.29 bits per heavy atom. The third-order valence-corrected chi connectivity index (χ3v) is 3.86. The molecule has 1 rings (SSSR count). The van der Waals surface area contributed by atoms with Crippen molar-refractivity contribution < 1.29 is 24.5 Å². The Bertz CT molecular complexity index is 399. The lowest BCUT2D eigenvalue weighted by atomic mass is 9.79. The standard InChI is InChI=1S/C15H27NO5/c1-10-9-16(13(19)21-14(2,3)4)7-6-11(10)8-15(5,20)12(17)18/h10-11,20H,6-9H2,1-5H3,(H,17,18). The number of hydrogen-bond acceptors (Lipinski definition) is 4. The van der Waals surface area contributed by atoms with E-state index in [0.29, 0.717) is 19.5 Å². The summed E-state index contributed by atoms with van der Waals surface area (Å²) in [5.41, 5.74) is -2.24. The molecule has 1 fully saturated rings. The van der Waals surface area contributed by atoms with Crippen molar-refractivity contribution in [3.63, 3.8) is 0 Å². The van der Waals surface area contributed by atoms with Gasteiger partial charge in [-0.25, -0.2) is 9.59 Å². The molecule has 1 aliphatic rings. The Balaban J connectivity index is 2.59. The molecule has 1 saturated heterocycles. The molecule has 3 unspecified atom stereocenters. The fourth-order valence-corrected chi connectivity index (χ4v) is 2.59.